The van der Waals surface area contributed by atoms with Gasteiger partial charge >= 0.3 is 0 Å². The van der Waals surface area contributed by atoms with Gasteiger partial charge in [0.15, 0.2) is 11.2 Å². The summed E-state index contributed by atoms with van der Waals surface area (Å²) in [7, 11) is 0. The fourth-order valence-corrected chi connectivity index (χ4v) is 4.20. The maximum absolute atomic E-state index is 13.5. The summed E-state index contributed by atoms with van der Waals surface area (Å²) in [6.07, 6.45) is 0. The molecule has 156 valence electrons. The second-order valence-corrected chi connectivity index (χ2v) is 8.45. The van der Waals surface area contributed by atoms with E-state index in [0.717, 1.165) is 11.1 Å². The highest BCUT2D eigenvalue weighted by Crippen LogP contribution is 2.41. The van der Waals surface area contributed by atoms with Crippen LogP contribution in [0.5, 0.6) is 0 Å². The fourth-order valence-electron chi connectivity index (χ4n) is 4.03. The highest BCUT2D eigenvalue weighted by Gasteiger charge is 2.44. The van der Waals surface area contributed by atoms with E-state index in [4.69, 9.17) is 20.5 Å². The fraction of sp³-hybridized carbons (Fsp3) is 0.208. The van der Waals surface area contributed by atoms with Gasteiger partial charge in [0.25, 0.3) is 5.91 Å². The Kier molecular flexibility index (Phi) is 4.48. The van der Waals surface area contributed by atoms with Crippen LogP contribution in [-0.2, 0) is 0 Å². The SMILES string of the molecule is Cc1cc(N2C(=O)c3oc4ccc(Cl)cc4c(=O)c3C2c2ccc(C(C)C)cc2)no1. The standard InChI is InChI=1S/C24H19ClN2O4/c1-12(2)14-4-6-15(7-5-14)21-20-22(28)17-11-16(25)8-9-18(17)30-23(20)24(29)27(21)19-10-13(3)31-26-19/h4-12,21H,1-3H3. The molecule has 0 spiro atoms. The molecule has 1 aliphatic heterocycles. The number of aryl methyl sites for hydroxylation is 1. The Balaban J connectivity index is 1.78. The second kappa shape index (κ2) is 7.10. The third kappa shape index (κ3) is 3.06. The van der Waals surface area contributed by atoms with Crippen LogP contribution >= 0.6 is 11.6 Å². The van der Waals surface area contributed by atoms with Crippen molar-refractivity contribution < 1.29 is 13.7 Å². The monoisotopic (exact) mass is 434 g/mol. The maximum Gasteiger partial charge on any atom is 0.296 e. The first-order chi connectivity index (χ1) is 14.8. The van der Waals surface area contributed by atoms with Gasteiger partial charge in [-0.2, -0.15) is 0 Å². The van der Waals surface area contributed by atoms with Crippen LogP contribution in [0.1, 0.15) is 58.8 Å². The Labute approximate surface area is 183 Å². The second-order valence-electron chi connectivity index (χ2n) is 8.01. The molecule has 31 heavy (non-hydrogen) atoms. The minimum atomic E-state index is -0.687. The van der Waals surface area contributed by atoms with Crippen molar-refractivity contribution in [3.8, 4) is 0 Å². The van der Waals surface area contributed by atoms with Gasteiger partial charge in [-0.05, 0) is 42.2 Å². The minimum absolute atomic E-state index is 0.0124. The zero-order valence-corrected chi connectivity index (χ0v) is 17.9. The van der Waals surface area contributed by atoms with Gasteiger partial charge in [0, 0.05) is 11.1 Å². The Morgan fingerprint density at radius 2 is 1.81 bits per heavy atom. The highest BCUT2D eigenvalue weighted by molar-refractivity contribution is 6.31. The molecular weight excluding hydrogens is 416 g/mol. The number of nitrogens with zero attached hydrogens (tertiary/aromatic N) is 2. The topological polar surface area (TPSA) is 76.6 Å². The molecule has 0 N–H and O–H groups in total. The molecule has 1 atom stereocenters. The van der Waals surface area contributed by atoms with Gasteiger partial charge in [-0.25, -0.2) is 0 Å². The Morgan fingerprint density at radius 1 is 1.06 bits per heavy atom. The van der Waals surface area contributed by atoms with Crippen LogP contribution in [0.2, 0.25) is 5.02 Å². The van der Waals surface area contributed by atoms with Gasteiger partial charge in [-0.1, -0.05) is 54.9 Å². The molecule has 0 saturated carbocycles. The first kappa shape index (κ1) is 19.6. The predicted octanol–water partition coefficient (Wildman–Crippen LogP) is 5.62. The smallest absolute Gasteiger partial charge is 0.296 e. The lowest BCUT2D eigenvalue weighted by Crippen LogP contribution is -2.29. The van der Waals surface area contributed by atoms with E-state index >= 15 is 0 Å². The van der Waals surface area contributed by atoms with Crippen LogP contribution in [0.4, 0.5) is 5.82 Å². The van der Waals surface area contributed by atoms with Crippen molar-refractivity contribution in [1.29, 1.82) is 0 Å². The zero-order chi connectivity index (χ0) is 21.9. The Morgan fingerprint density at radius 3 is 2.45 bits per heavy atom. The number of carbonyl (C=O) groups excluding carboxylic acids is 1. The van der Waals surface area contributed by atoms with E-state index in [1.165, 1.54) is 4.90 Å². The average molecular weight is 435 g/mol. The van der Waals surface area contributed by atoms with Crippen molar-refractivity contribution >= 4 is 34.3 Å². The molecule has 5 rings (SSSR count). The van der Waals surface area contributed by atoms with Crippen LogP contribution < -0.4 is 10.3 Å². The third-order valence-electron chi connectivity index (χ3n) is 5.61. The lowest BCUT2D eigenvalue weighted by Gasteiger charge is -2.22. The van der Waals surface area contributed by atoms with E-state index < -0.39 is 11.9 Å². The maximum atomic E-state index is 13.5. The van der Waals surface area contributed by atoms with E-state index in [1.54, 1.807) is 31.2 Å². The molecule has 6 nitrogen and oxygen atoms in total. The summed E-state index contributed by atoms with van der Waals surface area (Å²) in [6.45, 7) is 5.97. The lowest BCUT2D eigenvalue weighted by atomic mass is 9.95. The molecule has 7 heteroatoms. The molecule has 0 aliphatic carbocycles. The van der Waals surface area contributed by atoms with Crippen molar-refractivity contribution in [1.82, 2.24) is 5.16 Å². The van der Waals surface area contributed by atoms with E-state index in [9.17, 15) is 9.59 Å². The first-order valence-electron chi connectivity index (χ1n) is 9.98. The number of carbonyl (C=O) groups is 1. The first-order valence-corrected chi connectivity index (χ1v) is 10.4. The molecule has 2 aromatic heterocycles. The van der Waals surface area contributed by atoms with Crippen molar-refractivity contribution in [2.75, 3.05) is 4.90 Å². The quantitative estimate of drug-likeness (QED) is 0.418. The van der Waals surface area contributed by atoms with Crippen molar-refractivity contribution in [3.05, 3.63) is 92.0 Å². The van der Waals surface area contributed by atoms with E-state index in [0.29, 0.717) is 33.5 Å². The van der Waals surface area contributed by atoms with Gasteiger partial charge in [0.1, 0.15) is 11.3 Å². The summed E-state index contributed by atoms with van der Waals surface area (Å²) in [5.41, 5.74) is 2.25. The molecule has 0 fully saturated rings. The number of hydrogen-bond donors (Lipinski definition) is 0. The van der Waals surface area contributed by atoms with Gasteiger partial charge in [-0.15, -0.1) is 0 Å². The summed E-state index contributed by atoms with van der Waals surface area (Å²) in [5.74, 6) is 0.822. The number of anilines is 1. The van der Waals surface area contributed by atoms with E-state index in [1.807, 2.05) is 24.3 Å². The molecule has 1 aliphatic rings. The van der Waals surface area contributed by atoms with Crippen molar-refractivity contribution in [2.45, 2.75) is 32.7 Å². The molecule has 2 aromatic carbocycles. The van der Waals surface area contributed by atoms with Gasteiger partial charge in [-0.3, -0.25) is 14.5 Å². The zero-order valence-electron chi connectivity index (χ0n) is 17.2. The van der Waals surface area contributed by atoms with E-state index in [2.05, 4.69) is 19.0 Å². The van der Waals surface area contributed by atoms with Crippen molar-refractivity contribution in [2.24, 2.45) is 0 Å². The van der Waals surface area contributed by atoms with E-state index in [-0.39, 0.29) is 16.8 Å². The number of fused-ring (bicyclic) bond motifs is 2. The summed E-state index contributed by atoms with van der Waals surface area (Å²) in [4.78, 5) is 28.4. The number of hydrogen-bond acceptors (Lipinski definition) is 5. The van der Waals surface area contributed by atoms with Crippen LogP contribution in [0.3, 0.4) is 0 Å². The number of benzene rings is 2. The van der Waals surface area contributed by atoms with Crippen LogP contribution in [-0.4, -0.2) is 11.1 Å². The van der Waals surface area contributed by atoms with Crippen LogP contribution in [0.15, 0.2) is 62.3 Å². The van der Waals surface area contributed by atoms with Gasteiger partial charge in [0.05, 0.1) is 17.0 Å². The molecule has 0 radical (unpaired) electrons. The highest BCUT2D eigenvalue weighted by atomic mass is 35.5. The minimum Gasteiger partial charge on any atom is -0.450 e. The number of amides is 1. The van der Waals surface area contributed by atoms with Crippen LogP contribution in [0, 0.1) is 6.92 Å². The number of aromatic nitrogens is 1. The predicted molar refractivity (Wildman–Crippen MR) is 118 cm³/mol. The van der Waals surface area contributed by atoms with Crippen LogP contribution in [0.25, 0.3) is 11.0 Å². The summed E-state index contributed by atoms with van der Waals surface area (Å²) >= 11 is 6.12. The molecule has 0 bridgehead atoms. The Hall–Kier alpha value is -3.38. The van der Waals surface area contributed by atoms with Gasteiger partial charge < -0.3 is 8.94 Å². The molecule has 3 heterocycles. The largest absolute Gasteiger partial charge is 0.450 e. The Bertz CT molecular complexity index is 1390. The average Bonchev–Trinajstić information content (AvgIpc) is 3.30. The molecule has 4 aromatic rings. The molecule has 1 amide bonds. The summed E-state index contributed by atoms with van der Waals surface area (Å²) in [5, 5.41) is 4.79. The number of halogens is 1. The summed E-state index contributed by atoms with van der Waals surface area (Å²) < 4.78 is 11.1. The normalized spacial score (nSPS) is 15.8. The molecule has 0 saturated heterocycles. The molecule has 1 unspecified atom stereocenters. The number of rotatable bonds is 3. The van der Waals surface area contributed by atoms with Crippen molar-refractivity contribution in [3.63, 3.8) is 0 Å². The van der Waals surface area contributed by atoms with Gasteiger partial charge in [0.2, 0.25) is 5.76 Å². The lowest BCUT2D eigenvalue weighted by molar-refractivity contribution is 0.0969. The summed E-state index contributed by atoms with van der Waals surface area (Å²) in [6, 6.07) is 13.7. The molecular formula is C24H19ClN2O4. The third-order valence-corrected chi connectivity index (χ3v) is 5.85.